The number of aromatic nitrogens is 2. The summed E-state index contributed by atoms with van der Waals surface area (Å²) in [6.07, 6.45) is 0. The molecule has 0 unspecified atom stereocenters. The number of nitrogens with one attached hydrogen (secondary N) is 1. The Bertz CT molecular complexity index is 359. The van der Waals surface area contributed by atoms with E-state index in [0.29, 0.717) is 10.6 Å². The molecule has 0 bridgehead atoms. The van der Waals surface area contributed by atoms with Crippen molar-refractivity contribution in [2.24, 2.45) is 0 Å². The minimum Gasteiger partial charge on any atom is -0.385 e. The van der Waals surface area contributed by atoms with Crippen molar-refractivity contribution in [1.29, 1.82) is 0 Å². The predicted molar refractivity (Wildman–Crippen MR) is 50.7 cm³/mol. The van der Waals surface area contributed by atoms with Crippen LogP contribution in [0.15, 0.2) is 10.9 Å². The van der Waals surface area contributed by atoms with E-state index in [1.54, 1.807) is 0 Å². The van der Waals surface area contributed by atoms with Gasteiger partial charge in [0.2, 0.25) is 0 Å². The largest absolute Gasteiger partial charge is 0.385 e. The van der Waals surface area contributed by atoms with Gasteiger partial charge in [-0.25, -0.2) is 0 Å². The second-order valence-electron chi connectivity index (χ2n) is 2.83. The van der Waals surface area contributed by atoms with Crippen LogP contribution in [0.25, 0.3) is 0 Å². The van der Waals surface area contributed by atoms with Crippen LogP contribution in [0.2, 0.25) is 0 Å². The van der Waals surface area contributed by atoms with Crippen LogP contribution >= 0.6 is 12.2 Å². The highest BCUT2D eigenvalue weighted by atomic mass is 32.1. The third kappa shape index (κ3) is 1.55. The number of anilines is 1. The summed E-state index contributed by atoms with van der Waals surface area (Å²) in [6, 6.07) is 1.39. The number of rotatable bonds is 1. The normalized spacial score (nSPS) is 10.6. The van der Waals surface area contributed by atoms with Crippen molar-refractivity contribution in [2.75, 3.05) is 5.73 Å². The molecule has 5 heteroatoms. The third-order valence-electron chi connectivity index (χ3n) is 1.50. The highest BCUT2D eigenvalue weighted by Gasteiger charge is 2.02. The lowest BCUT2D eigenvalue weighted by atomic mass is 10.4. The number of nitrogens with zero attached hydrogens (tertiary/aromatic N) is 1. The Morgan fingerprint density at radius 1 is 1.67 bits per heavy atom. The van der Waals surface area contributed by atoms with Crippen LogP contribution in [0.1, 0.15) is 19.9 Å². The zero-order chi connectivity index (χ0) is 9.30. The minimum atomic E-state index is -0.161. The minimum absolute atomic E-state index is 0.0573. The van der Waals surface area contributed by atoms with Crippen LogP contribution in [0.5, 0.6) is 0 Å². The number of aromatic amines is 1. The molecule has 0 saturated heterocycles. The number of H-pyrrole nitrogens is 1. The van der Waals surface area contributed by atoms with E-state index < -0.39 is 0 Å². The van der Waals surface area contributed by atoms with Crippen LogP contribution in [-0.2, 0) is 0 Å². The van der Waals surface area contributed by atoms with E-state index in [0.717, 1.165) is 0 Å². The van der Waals surface area contributed by atoms with Crippen molar-refractivity contribution >= 4 is 18.0 Å². The first-order chi connectivity index (χ1) is 5.52. The molecule has 0 aliphatic rings. The summed E-state index contributed by atoms with van der Waals surface area (Å²) in [6.45, 7) is 3.78. The Morgan fingerprint density at radius 2 is 2.25 bits per heavy atom. The van der Waals surface area contributed by atoms with E-state index in [1.807, 2.05) is 13.8 Å². The van der Waals surface area contributed by atoms with E-state index in [2.05, 4.69) is 4.98 Å². The fourth-order valence-corrected chi connectivity index (χ4v) is 1.43. The van der Waals surface area contributed by atoms with Crippen LogP contribution < -0.4 is 11.3 Å². The number of nitrogens with two attached hydrogens (primary N) is 1. The van der Waals surface area contributed by atoms with E-state index in [9.17, 15) is 4.79 Å². The Labute approximate surface area is 75.0 Å². The SMILES string of the molecule is CC(C)n1c(=O)cc(N)[nH]c1=S. The van der Waals surface area contributed by atoms with Crippen molar-refractivity contribution in [3.05, 3.63) is 21.2 Å². The van der Waals surface area contributed by atoms with Gasteiger partial charge in [0.05, 0.1) is 0 Å². The zero-order valence-corrected chi connectivity index (χ0v) is 7.81. The molecule has 1 aromatic rings. The van der Waals surface area contributed by atoms with E-state index in [-0.39, 0.29) is 11.6 Å². The van der Waals surface area contributed by atoms with Gasteiger partial charge in [-0.2, -0.15) is 0 Å². The Kier molecular flexibility index (Phi) is 2.32. The first-order valence-electron chi connectivity index (χ1n) is 3.63. The molecule has 0 atom stereocenters. The summed E-state index contributed by atoms with van der Waals surface area (Å²) in [7, 11) is 0. The fraction of sp³-hybridized carbons (Fsp3) is 0.429. The van der Waals surface area contributed by atoms with Crippen LogP contribution in [0, 0.1) is 4.77 Å². The summed E-state index contributed by atoms with van der Waals surface area (Å²) in [5.41, 5.74) is 5.23. The molecular weight excluding hydrogens is 174 g/mol. The van der Waals surface area contributed by atoms with Crippen molar-refractivity contribution in [3.63, 3.8) is 0 Å². The summed E-state index contributed by atoms with van der Waals surface area (Å²) in [5, 5.41) is 0. The molecule has 0 spiro atoms. The molecule has 12 heavy (non-hydrogen) atoms. The highest BCUT2D eigenvalue weighted by molar-refractivity contribution is 7.71. The Hall–Kier alpha value is -1.10. The molecule has 1 aromatic heterocycles. The smallest absolute Gasteiger partial charge is 0.256 e. The predicted octanol–water partition coefficient (Wildman–Crippen LogP) is 1.07. The quantitative estimate of drug-likeness (QED) is 0.643. The summed E-state index contributed by atoms with van der Waals surface area (Å²) in [5.74, 6) is 0.307. The van der Waals surface area contributed by atoms with E-state index in [4.69, 9.17) is 18.0 Å². The number of hydrogen-bond donors (Lipinski definition) is 2. The van der Waals surface area contributed by atoms with Crippen LogP contribution in [0.3, 0.4) is 0 Å². The number of nitrogen functional groups attached to an aromatic ring is 1. The van der Waals surface area contributed by atoms with Gasteiger partial charge in [-0.15, -0.1) is 0 Å². The molecule has 0 aromatic carbocycles. The number of hydrogen-bond acceptors (Lipinski definition) is 3. The highest BCUT2D eigenvalue weighted by Crippen LogP contribution is 2.01. The molecular formula is C7H11N3OS. The molecule has 0 aliphatic heterocycles. The lowest BCUT2D eigenvalue weighted by Crippen LogP contribution is -2.23. The third-order valence-corrected chi connectivity index (χ3v) is 1.80. The maximum Gasteiger partial charge on any atom is 0.256 e. The summed E-state index contributed by atoms with van der Waals surface area (Å²) in [4.78, 5) is 14.0. The summed E-state index contributed by atoms with van der Waals surface area (Å²) < 4.78 is 1.85. The second-order valence-corrected chi connectivity index (χ2v) is 3.22. The molecule has 1 rings (SSSR count). The van der Waals surface area contributed by atoms with Gasteiger partial charge < -0.3 is 10.7 Å². The Morgan fingerprint density at radius 3 is 2.67 bits per heavy atom. The van der Waals surface area contributed by atoms with E-state index in [1.165, 1.54) is 10.6 Å². The van der Waals surface area contributed by atoms with Gasteiger partial charge in [0.25, 0.3) is 5.56 Å². The van der Waals surface area contributed by atoms with Gasteiger partial charge in [0, 0.05) is 12.1 Å². The van der Waals surface area contributed by atoms with E-state index >= 15 is 0 Å². The maximum atomic E-state index is 11.3. The molecule has 0 fully saturated rings. The standard InChI is InChI=1S/C7H11N3OS/c1-4(2)10-6(11)3-5(8)9-7(10)12/h3-4H,8H2,1-2H3,(H,9,12). The lowest BCUT2D eigenvalue weighted by molar-refractivity contribution is 0.560. The second kappa shape index (κ2) is 3.10. The van der Waals surface area contributed by atoms with Gasteiger partial charge in [0.1, 0.15) is 5.82 Å². The molecule has 4 nitrogen and oxygen atoms in total. The van der Waals surface area contributed by atoms with Gasteiger partial charge in [-0.3, -0.25) is 9.36 Å². The monoisotopic (exact) mass is 185 g/mol. The molecule has 1 heterocycles. The Balaban J connectivity index is 3.50. The van der Waals surface area contributed by atoms with Crippen molar-refractivity contribution in [3.8, 4) is 0 Å². The average molecular weight is 185 g/mol. The lowest BCUT2D eigenvalue weighted by Gasteiger charge is -2.09. The molecule has 3 N–H and O–H groups in total. The first-order valence-corrected chi connectivity index (χ1v) is 4.04. The van der Waals surface area contributed by atoms with Crippen LogP contribution in [-0.4, -0.2) is 9.55 Å². The topological polar surface area (TPSA) is 63.8 Å². The molecule has 66 valence electrons. The average Bonchev–Trinajstić information content (AvgIpc) is 1.82. The van der Waals surface area contributed by atoms with Gasteiger partial charge in [-0.05, 0) is 26.1 Å². The van der Waals surface area contributed by atoms with Crippen molar-refractivity contribution in [1.82, 2.24) is 9.55 Å². The first kappa shape index (κ1) is 8.99. The maximum absolute atomic E-state index is 11.3. The zero-order valence-electron chi connectivity index (χ0n) is 7.00. The molecule has 0 radical (unpaired) electrons. The van der Waals surface area contributed by atoms with Crippen molar-refractivity contribution in [2.45, 2.75) is 19.9 Å². The molecule has 0 aliphatic carbocycles. The van der Waals surface area contributed by atoms with Gasteiger partial charge in [-0.1, -0.05) is 0 Å². The van der Waals surface area contributed by atoms with Crippen molar-refractivity contribution < 1.29 is 0 Å². The van der Waals surface area contributed by atoms with Gasteiger partial charge in [0.15, 0.2) is 4.77 Å². The molecule has 0 saturated carbocycles. The fourth-order valence-electron chi connectivity index (χ4n) is 1.01. The van der Waals surface area contributed by atoms with Crippen LogP contribution in [0.4, 0.5) is 5.82 Å². The molecule has 0 amide bonds. The summed E-state index contributed by atoms with van der Waals surface area (Å²) >= 11 is 4.93. The van der Waals surface area contributed by atoms with Gasteiger partial charge >= 0.3 is 0 Å².